The molecule has 2 rings (SSSR count). The van der Waals surface area contributed by atoms with Crippen LogP contribution in [0.1, 0.15) is 55.3 Å². The van der Waals surface area contributed by atoms with Gasteiger partial charge in [0, 0.05) is 12.0 Å². The summed E-state index contributed by atoms with van der Waals surface area (Å²) in [5.74, 6) is -0.337. The number of hydrogen-bond donors (Lipinski definition) is 2. The number of hydrogen-bond acceptors (Lipinski definition) is 4. The predicted molar refractivity (Wildman–Crippen MR) is 66.8 cm³/mol. The fraction of sp³-hybridized carbons (Fsp3) is 0.615. The summed E-state index contributed by atoms with van der Waals surface area (Å²) in [4.78, 5) is 23.0. The van der Waals surface area contributed by atoms with Crippen LogP contribution in [0.3, 0.4) is 0 Å². The van der Waals surface area contributed by atoms with Gasteiger partial charge in [-0.15, -0.1) is 0 Å². The van der Waals surface area contributed by atoms with Crippen LogP contribution in [0.2, 0.25) is 0 Å². The lowest BCUT2D eigenvalue weighted by Gasteiger charge is -2.12. The summed E-state index contributed by atoms with van der Waals surface area (Å²) in [6, 6.07) is 0.704. The fourth-order valence-electron chi connectivity index (χ4n) is 1.81. The number of rotatable bonds is 6. The Morgan fingerprint density at radius 3 is 2.68 bits per heavy atom. The molecular formula is C13H18N2O4. The number of aliphatic carboxylic acids is 1. The van der Waals surface area contributed by atoms with E-state index in [1.165, 1.54) is 0 Å². The Labute approximate surface area is 111 Å². The van der Waals surface area contributed by atoms with Crippen molar-refractivity contribution in [3.8, 4) is 0 Å². The minimum Gasteiger partial charge on any atom is -0.480 e. The van der Waals surface area contributed by atoms with E-state index in [4.69, 9.17) is 9.63 Å². The summed E-state index contributed by atoms with van der Waals surface area (Å²) < 4.78 is 5.02. The highest BCUT2D eigenvalue weighted by molar-refractivity contribution is 5.94. The number of carboxylic acid groups (broad SMARTS) is 1. The van der Waals surface area contributed by atoms with Crippen LogP contribution < -0.4 is 5.32 Å². The molecule has 104 valence electrons. The number of amides is 1. The summed E-state index contributed by atoms with van der Waals surface area (Å²) in [6.45, 7) is 3.85. The molecule has 1 aromatic heterocycles. The van der Waals surface area contributed by atoms with Crippen molar-refractivity contribution in [3.63, 3.8) is 0 Å². The van der Waals surface area contributed by atoms with Gasteiger partial charge >= 0.3 is 5.97 Å². The van der Waals surface area contributed by atoms with Crippen LogP contribution in [0.4, 0.5) is 0 Å². The molecule has 0 saturated heterocycles. The molecule has 2 N–H and O–H groups in total. The first-order chi connectivity index (χ1) is 8.97. The van der Waals surface area contributed by atoms with E-state index in [1.807, 2.05) is 13.8 Å². The van der Waals surface area contributed by atoms with Crippen molar-refractivity contribution < 1.29 is 19.2 Å². The molecule has 1 heterocycles. The molecule has 1 aliphatic carbocycles. The topological polar surface area (TPSA) is 92.4 Å². The lowest BCUT2D eigenvalue weighted by Crippen LogP contribution is -2.41. The summed E-state index contributed by atoms with van der Waals surface area (Å²) in [6.07, 6.45) is 2.57. The molecular weight excluding hydrogens is 248 g/mol. The van der Waals surface area contributed by atoms with Gasteiger partial charge in [-0.25, -0.2) is 4.79 Å². The Morgan fingerprint density at radius 2 is 2.21 bits per heavy atom. The second-order valence-corrected chi connectivity index (χ2v) is 5.31. The first kappa shape index (κ1) is 13.6. The van der Waals surface area contributed by atoms with Crippen LogP contribution in [0.15, 0.2) is 10.6 Å². The summed E-state index contributed by atoms with van der Waals surface area (Å²) >= 11 is 0. The third kappa shape index (κ3) is 3.56. The number of aromatic nitrogens is 1. The maximum absolute atomic E-state index is 11.9. The SMILES string of the molecule is CC(C)c1cc(C(=O)NC(CC2CC2)C(=O)O)no1. The second kappa shape index (κ2) is 5.42. The maximum atomic E-state index is 11.9. The molecule has 1 fully saturated rings. The first-order valence-electron chi connectivity index (χ1n) is 6.47. The zero-order chi connectivity index (χ0) is 14.0. The molecule has 0 bridgehead atoms. The van der Waals surface area contributed by atoms with E-state index in [-0.39, 0.29) is 11.6 Å². The van der Waals surface area contributed by atoms with Gasteiger partial charge in [0.25, 0.3) is 5.91 Å². The predicted octanol–water partition coefficient (Wildman–Crippen LogP) is 1.78. The third-order valence-corrected chi connectivity index (χ3v) is 3.20. The van der Waals surface area contributed by atoms with Crippen molar-refractivity contribution in [2.75, 3.05) is 0 Å². The van der Waals surface area contributed by atoms with Crippen molar-refractivity contribution in [3.05, 3.63) is 17.5 Å². The van der Waals surface area contributed by atoms with Gasteiger partial charge in [0.2, 0.25) is 0 Å². The van der Waals surface area contributed by atoms with E-state index in [0.717, 1.165) is 12.8 Å². The van der Waals surface area contributed by atoms with E-state index < -0.39 is 17.9 Å². The zero-order valence-electron chi connectivity index (χ0n) is 11.0. The largest absolute Gasteiger partial charge is 0.480 e. The molecule has 0 radical (unpaired) electrons. The van der Waals surface area contributed by atoms with Gasteiger partial charge in [0.05, 0.1) is 0 Å². The Morgan fingerprint density at radius 1 is 1.53 bits per heavy atom. The van der Waals surface area contributed by atoms with Gasteiger partial charge in [0.15, 0.2) is 5.69 Å². The minimum absolute atomic E-state index is 0.130. The number of carbonyl (C=O) groups excluding carboxylic acids is 1. The van der Waals surface area contributed by atoms with Crippen LogP contribution in [0, 0.1) is 5.92 Å². The van der Waals surface area contributed by atoms with Crippen LogP contribution >= 0.6 is 0 Å². The fourth-order valence-corrected chi connectivity index (χ4v) is 1.81. The first-order valence-corrected chi connectivity index (χ1v) is 6.47. The molecule has 1 aliphatic rings. The average molecular weight is 266 g/mol. The van der Waals surface area contributed by atoms with Gasteiger partial charge in [-0.05, 0) is 12.3 Å². The molecule has 0 aliphatic heterocycles. The van der Waals surface area contributed by atoms with Crippen LogP contribution in [-0.4, -0.2) is 28.2 Å². The number of carboxylic acids is 1. The lowest BCUT2D eigenvalue weighted by molar-refractivity contribution is -0.139. The average Bonchev–Trinajstić information content (AvgIpc) is 3.01. The molecule has 1 unspecified atom stereocenters. The molecule has 19 heavy (non-hydrogen) atoms. The van der Waals surface area contributed by atoms with Gasteiger partial charge < -0.3 is 14.9 Å². The standard InChI is InChI=1S/C13H18N2O4/c1-7(2)11-6-9(15-19-11)12(16)14-10(13(17)18)5-8-3-4-8/h6-8,10H,3-5H2,1-2H3,(H,14,16)(H,17,18). The second-order valence-electron chi connectivity index (χ2n) is 5.31. The quantitative estimate of drug-likeness (QED) is 0.818. The summed E-state index contributed by atoms with van der Waals surface area (Å²) in [5.41, 5.74) is 0.130. The maximum Gasteiger partial charge on any atom is 0.326 e. The van der Waals surface area contributed by atoms with Crippen LogP contribution in [0.5, 0.6) is 0 Å². The summed E-state index contributed by atoms with van der Waals surface area (Å²) in [5, 5.41) is 15.2. The highest BCUT2D eigenvalue weighted by Gasteiger charge is 2.31. The van der Waals surface area contributed by atoms with Gasteiger partial charge in [-0.3, -0.25) is 4.79 Å². The molecule has 1 saturated carbocycles. The van der Waals surface area contributed by atoms with Gasteiger partial charge in [-0.1, -0.05) is 31.8 Å². The van der Waals surface area contributed by atoms with E-state index >= 15 is 0 Å². The van der Waals surface area contributed by atoms with Crippen molar-refractivity contribution in [1.82, 2.24) is 10.5 Å². The molecule has 6 nitrogen and oxygen atoms in total. The van der Waals surface area contributed by atoms with E-state index in [0.29, 0.717) is 18.1 Å². The minimum atomic E-state index is -1.01. The molecule has 0 spiro atoms. The molecule has 1 atom stereocenters. The van der Waals surface area contributed by atoms with Crippen LogP contribution in [-0.2, 0) is 4.79 Å². The van der Waals surface area contributed by atoms with Crippen molar-refractivity contribution >= 4 is 11.9 Å². The van der Waals surface area contributed by atoms with Crippen molar-refractivity contribution in [2.45, 2.75) is 45.1 Å². The van der Waals surface area contributed by atoms with E-state index in [2.05, 4.69) is 10.5 Å². The molecule has 0 aromatic carbocycles. The molecule has 1 aromatic rings. The van der Waals surface area contributed by atoms with E-state index in [1.54, 1.807) is 6.07 Å². The highest BCUT2D eigenvalue weighted by atomic mass is 16.5. The van der Waals surface area contributed by atoms with Crippen molar-refractivity contribution in [2.24, 2.45) is 5.92 Å². The van der Waals surface area contributed by atoms with Crippen molar-refractivity contribution in [1.29, 1.82) is 0 Å². The normalized spacial score (nSPS) is 16.4. The third-order valence-electron chi connectivity index (χ3n) is 3.20. The Balaban J connectivity index is 1.98. The zero-order valence-corrected chi connectivity index (χ0v) is 11.0. The van der Waals surface area contributed by atoms with E-state index in [9.17, 15) is 9.59 Å². The lowest BCUT2D eigenvalue weighted by atomic mass is 10.1. The Bertz CT molecular complexity index is 477. The van der Waals surface area contributed by atoms with Gasteiger partial charge in [-0.2, -0.15) is 0 Å². The van der Waals surface area contributed by atoms with Crippen LogP contribution in [0.25, 0.3) is 0 Å². The Kier molecular flexibility index (Phi) is 3.87. The number of nitrogens with one attached hydrogen (secondary N) is 1. The smallest absolute Gasteiger partial charge is 0.326 e. The number of carbonyl (C=O) groups is 2. The highest BCUT2D eigenvalue weighted by Crippen LogP contribution is 2.33. The Hall–Kier alpha value is -1.85. The monoisotopic (exact) mass is 266 g/mol. The van der Waals surface area contributed by atoms with Gasteiger partial charge in [0.1, 0.15) is 11.8 Å². The number of nitrogens with zero attached hydrogens (tertiary/aromatic N) is 1. The summed E-state index contributed by atoms with van der Waals surface area (Å²) in [7, 11) is 0. The molecule has 6 heteroatoms. The molecule has 1 amide bonds.